The van der Waals surface area contributed by atoms with Crippen molar-refractivity contribution in [3.05, 3.63) is 11.9 Å². The minimum atomic E-state index is -0.330. The molecular weight excluding hydrogens is 170 g/mol. The number of carbonyl (C=O) groups is 1. The van der Waals surface area contributed by atoms with Crippen LogP contribution in [0.5, 0.6) is 0 Å². The zero-order valence-corrected chi connectivity index (χ0v) is 7.15. The van der Waals surface area contributed by atoms with Crippen LogP contribution in [0.1, 0.15) is 23.8 Å². The van der Waals surface area contributed by atoms with Crippen molar-refractivity contribution < 1.29 is 9.42 Å². The molecule has 0 aliphatic carbocycles. The third-order valence-electron chi connectivity index (χ3n) is 1.40. The smallest absolute Gasteiger partial charge is 0.275 e. The van der Waals surface area contributed by atoms with Crippen LogP contribution in [-0.2, 0) is 0 Å². The maximum atomic E-state index is 11.2. The van der Waals surface area contributed by atoms with Gasteiger partial charge in [-0.05, 0) is 12.1 Å². The average molecular weight is 179 g/mol. The Balaban J connectivity index is 2.48. The molecule has 1 atom stereocenters. The Morgan fingerprint density at radius 1 is 1.92 bits per heavy atom. The number of carbonyl (C=O) groups excluding carboxylic acids is 1. The summed E-state index contributed by atoms with van der Waals surface area (Å²) in [5.74, 6) is 2.11. The van der Waals surface area contributed by atoms with Crippen molar-refractivity contribution in [3.8, 4) is 12.3 Å². The minimum absolute atomic E-state index is 0.0748. The van der Waals surface area contributed by atoms with Gasteiger partial charge in [0.1, 0.15) is 6.20 Å². The lowest BCUT2D eigenvalue weighted by Crippen LogP contribution is -2.32. The zero-order chi connectivity index (χ0) is 9.68. The van der Waals surface area contributed by atoms with Gasteiger partial charge in [0.2, 0.25) is 0 Å². The Morgan fingerprint density at radius 2 is 2.69 bits per heavy atom. The van der Waals surface area contributed by atoms with Crippen molar-refractivity contribution in [2.75, 3.05) is 0 Å². The molecule has 1 aromatic rings. The second-order valence-corrected chi connectivity index (χ2v) is 2.58. The first kappa shape index (κ1) is 9.26. The summed E-state index contributed by atoms with van der Waals surface area (Å²) in [6, 6.07) is -0.0748. The highest BCUT2D eigenvalue weighted by Crippen LogP contribution is 1.94. The zero-order valence-electron chi connectivity index (χ0n) is 7.15. The van der Waals surface area contributed by atoms with Crippen LogP contribution in [-0.4, -0.2) is 22.3 Å². The lowest BCUT2D eigenvalue weighted by atomic mass is 10.2. The first-order chi connectivity index (χ1) is 6.24. The second-order valence-electron chi connectivity index (χ2n) is 2.58. The van der Waals surface area contributed by atoms with Gasteiger partial charge in [-0.15, -0.1) is 12.3 Å². The van der Waals surface area contributed by atoms with Crippen molar-refractivity contribution in [3.63, 3.8) is 0 Å². The van der Waals surface area contributed by atoms with Crippen molar-refractivity contribution in [2.24, 2.45) is 0 Å². The van der Waals surface area contributed by atoms with Crippen molar-refractivity contribution in [1.29, 1.82) is 0 Å². The van der Waals surface area contributed by atoms with Crippen LogP contribution in [0.3, 0.4) is 0 Å². The molecule has 0 radical (unpaired) electrons. The standard InChI is InChI=1S/C8H9N3O2/c1-3-4-6(2)10-8(12)7-5-9-13-11-7/h1,5-6H,4H2,2H3,(H,10,12). The second kappa shape index (κ2) is 4.26. The Morgan fingerprint density at radius 3 is 3.23 bits per heavy atom. The van der Waals surface area contributed by atoms with Gasteiger partial charge in [0.05, 0.1) is 0 Å². The normalized spacial score (nSPS) is 11.7. The summed E-state index contributed by atoms with van der Waals surface area (Å²) in [4.78, 5) is 11.2. The van der Waals surface area contributed by atoms with E-state index in [4.69, 9.17) is 6.42 Å². The number of hydrogen-bond acceptors (Lipinski definition) is 4. The van der Waals surface area contributed by atoms with Gasteiger partial charge in [-0.2, -0.15) is 0 Å². The quantitative estimate of drug-likeness (QED) is 0.673. The molecular formula is C8H9N3O2. The summed E-state index contributed by atoms with van der Waals surface area (Å²) >= 11 is 0. The highest BCUT2D eigenvalue weighted by Gasteiger charge is 2.11. The lowest BCUT2D eigenvalue weighted by molar-refractivity contribution is 0.0931. The fraction of sp³-hybridized carbons (Fsp3) is 0.375. The Kier molecular flexibility index (Phi) is 3.03. The molecule has 0 aliphatic rings. The van der Waals surface area contributed by atoms with E-state index in [0.717, 1.165) is 0 Å². The van der Waals surface area contributed by atoms with Crippen LogP contribution >= 0.6 is 0 Å². The molecule has 13 heavy (non-hydrogen) atoms. The number of terminal acetylenes is 1. The van der Waals surface area contributed by atoms with Gasteiger partial charge in [-0.1, -0.05) is 5.16 Å². The third kappa shape index (κ3) is 2.60. The van der Waals surface area contributed by atoms with Crippen LogP contribution in [0.4, 0.5) is 0 Å². The van der Waals surface area contributed by atoms with Crippen LogP contribution in [0.25, 0.3) is 0 Å². The van der Waals surface area contributed by atoms with Crippen LogP contribution in [0.2, 0.25) is 0 Å². The Bertz CT molecular complexity index is 313. The van der Waals surface area contributed by atoms with Crippen molar-refractivity contribution in [2.45, 2.75) is 19.4 Å². The van der Waals surface area contributed by atoms with Gasteiger partial charge in [0.25, 0.3) is 5.91 Å². The maximum absolute atomic E-state index is 11.2. The topological polar surface area (TPSA) is 68.0 Å². The molecule has 0 saturated heterocycles. The monoisotopic (exact) mass is 179 g/mol. The molecule has 1 heterocycles. The number of nitrogens with zero attached hydrogens (tertiary/aromatic N) is 2. The van der Waals surface area contributed by atoms with E-state index in [0.29, 0.717) is 6.42 Å². The lowest BCUT2D eigenvalue weighted by Gasteiger charge is -2.07. The number of amides is 1. The number of aromatic nitrogens is 2. The van der Waals surface area contributed by atoms with Gasteiger partial charge in [-0.3, -0.25) is 4.79 Å². The van der Waals surface area contributed by atoms with Crippen LogP contribution < -0.4 is 5.32 Å². The Labute approximate surface area is 75.5 Å². The Hall–Kier alpha value is -1.83. The highest BCUT2D eigenvalue weighted by atomic mass is 16.6. The number of rotatable bonds is 3. The van der Waals surface area contributed by atoms with Gasteiger partial charge in [0.15, 0.2) is 5.69 Å². The third-order valence-corrected chi connectivity index (χ3v) is 1.40. The van der Waals surface area contributed by atoms with E-state index < -0.39 is 0 Å². The van der Waals surface area contributed by atoms with Crippen LogP contribution in [0.15, 0.2) is 10.8 Å². The largest absolute Gasteiger partial charge is 0.347 e. The predicted molar refractivity (Wildman–Crippen MR) is 44.7 cm³/mol. The summed E-state index contributed by atoms with van der Waals surface area (Å²) in [7, 11) is 0. The molecule has 0 fully saturated rings. The van der Waals surface area contributed by atoms with Crippen molar-refractivity contribution >= 4 is 5.91 Å². The molecule has 1 unspecified atom stereocenters. The first-order valence-corrected chi connectivity index (χ1v) is 3.76. The van der Waals surface area contributed by atoms with E-state index in [1.807, 2.05) is 6.92 Å². The summed E-state index contributed by atoms with van der Waals surface area (Å²) < 4.78 is 4.28. The summed E-state index contributed by atoms with van der Waals surface area (Å²) in [6.45, 7) is 1.81. The van der Waals surface area contributed by atoms with Gasteiger partial charge < -0.3 is 5.32 Å². The fourth-order valence-electron chi connectivity index (χ4n) is 0.790. The molecule has 5 heteroatoms. The fourth-order valence-corrected chi connectivity index (χ4v) is 0.790. The molecule has 1 aromatic heterocycles. The molecule has 0 spiro atoms. The van der Waals surface area contributed by atoms with Gasteiger partial charge in [-0.25, -0.2) is 4.63 Å². The van der Waals surface area contributed by atoms with E-state index in [9.17, 15) is 4.79 Å². The van der Waals surface area contributed by atoms with E-state index in [1.54, 1.807) is 0 Å². The van der Waals surface area contributed by atoms with Crippen molar-refractivity contribution in [1.82, 2.24) is 15.6 Å². The predicted octanol–water partition coefficient (Wildman–Crippen LogP) is 0.211. The molecule has 1 amide bonds. The minimum Gasteiger partial charge on any atom is -0.347 e. The molecule has 0 bridgehead atoms. The van der Waals surface area contributed by atoms with E-state index in [2.05, 4.69) is 26.2 Å². The van der Waals surface area contributed by atoms with E-state index >= 15 is 0 Å². The number of hydrogen-bond donors (Lipinski definition) is 1. The molecule has 1 rings (SSSR count). The highest BCUT2D eigenvalue weighted by molar-refractivity contribution is 5.91. The SMILES string of the molecule is C#CCC(C)NC(=O)c1cnon1. The molecule has 0 saturated carbocycles. The summed E-state index contributed by atoms with van der Waals surface area (Å²) in [5, 5.41) is 9.33. The molecule has 1 N–H and O–H groups in total. The molecule has 68 valence electrons. The molecule has 0 aromatic carbocycles. The number of nitrogens with one attached hydrogen (secondary N) is 1. The first-order valence-electron chi connectivity index (χ1n) is 3.76. The van der Waals surface area contributed by atoms with E-state index in [1.165, 1.54) is 6.20 Å². The maximum Gasteiger partial charge on any atom is 0.275 e. The molecule has 0 aliphatic heterocycles. The van der Waals surface area contributed by atoms with Gasteiger partial charge in [0, 0.05) is 12.5 Å². The van der Waals surface area contributed by atoms with Gasteiger partial charge >= 0.3 is 0 Å². The van der Waals surface area contributed by atoms with E-state index in [-0.39, 0.29) is 17.6 Å². The summed E-state index contributed by atoms with van der Waals surface area (Å²) in [6.07, 6.45) is 6.81. The molecule has 5 nitrogen and oxygen atoms in total. The summed E-state index contributed by atoms with van der Waals surface area (Å²) in [5.41, 5.74) is 0.156. The van der Waals surface area contributed by atoms with Crippen LogP contribution in [0, 0.1) is 12.3 Å². The average Bonchev–Trinajstić information content (AvgIpc) is 2.55.